The van der Waals surface area contributed by atoms with Gasteiger partial charge in [-0.3, -0.25) is 4.99 Å². The molecule has 0 saturated heterocycles. The molecule has 5 aliphatic rings. The lowest BCUT2D eigenvalue weighted by molar-refractivity contribution is -0.0641. The Balaban J connectivity index is 0.914. The first-order valence-corrected chi connectivity index (χ1v) is 27.0. The molecule has 10 atom stereocenters. The average molecular weight is 830 g/mol. The minimum atomic E-state index is 0.422. The summed E-state index contributed by atoms with van der Waals surface area (Å²) in [5.41, 5.74) is 2.79. The summed E-state index contributed by atoms with van der Waals surface area (Å²) in [6.07, 6.45) is 55.0. The van der Waals surface area contributed by atoms with Crippen LogP contribution in [-0.2, 0) is 9.47 Å². The van der Waals surface area contributed by atoms with Crippen LogP contribution in [0.25, 0.3) is 0 Å². The second-order valence-corrected chi connectivity index (χ2v) is 22.3. The third-order valence-electron chi connectivity index (χ3n) is 17.3. The highest BCUT2D eigenvalue weighted by Crippen LogP contribution is 2.67. The van der Waals surface area contributed by atoms with Crippen LogP contribution < -0.4 is 0 Å². The maximum absolute atomic E-state index is 6.67. The molecule has 0 bridgehead atoms. The monoisotopic (exact) mass is 830 g/mol. The molecule has 0 amide bonds. The van der Waals surface area contributed by atoms with E-state index in [2.05, 4.69) is 77.1 Å². The Kier molecular flexibility index (Phi) is 22.6. The molecule has 0 N–H and O–H groups in total. The molecule has 3 heteroatoms. The largest absolute Gasteiger partial charge is 0.381 e. The quantitative estimate of drug-likeness (QED) is 0.0499. The van der Waals surface area contributed by atoms with Gasteiger partial charge in [-0.1, -0.05) is 161 Å². The molecule has 0 aromatic rings. The summed E-state index contributed by atoms with van der Waals surface area (Å²) in [7, 11) is 0. The van der Waals surface area contributed by atoms with E-state index in [0.29, 0.717) is 28.8 Å². The van der Waals surface area contributed by atoms with Gasteiger partial charge >= 0.3 is 0 Å². The van der Waals surface area contributed by atoms with Crippen molar-refractivity contribution >= 4 is 6.21 Å². The lowest BCUT2D eigenvalue weighted by atomic mass is 9.47. The van der Waals surface area contributed by atoms with Crippen LogP contribution in [0.2, 0.25) is 0 Å². The van der Waals surface area contributed by atoms with Crippen molar-refractivity contribution in [1.82, 2.24) is 0 Å². The highest BCUT2D eigenvalue weighted by atomic mass is 16.5. The van der Waals surface area contributed by atoms with E-state index in [1.54, 1.807) is 5.57 Å². The molecule has 1 aliphatic heterocycles. The molecule has 0 radical (unpaired) electrons. The van der Waals surface area contributed by atoms with Crippen LogP contribution >= 0.6 is 0 Å². The minimum absolute atomic E-state index is 0.422. The van der Waals surface area contributed by atoms with Crippen molar-refractivity contribution in [2.45, 2.75) is 240 Å². The Labute approximate surface area is 373 Å². The van der Waals surface area contributed by atoms with Crippen molar-refractivity contribution in [3.63, 3.8) is 0 Å². The third kappa shape index (κ3) is 15.5. The summed E-state index contributed by atoms with van der Waals surface area (Å²) in [4.78, 5) is 4.38. The normalized spacial score (nSPS) is 30.8. The van der Waals surface area contributed by atoms with Gasteiger partial charge in [-0.2, -0.15) is 0 Å². The first kappa shape index (κ1) is 49.8. The van der Waals surface area contributed by atoms with Crippen LogP contribution in [0.3, 0.4) is 0 Å². The van der Waals surface area contributed by atoms with E-state index in [1.165, 1.54) is 193 Å². The van der Waals surface area contributed by atoms with Crippen LogP contribution in [0, 0.1) is 58.2 Å². The zero-order chi connectivity index (χ0) is 42.5. The van der Waals surface area contributed by atoms with Gasteiger partial charge in [0.15, 0.2) is 0 Å². The summed E-state index contributed by atoms with van der Waals surface area (Å²) < 4.78 is 13.0. The summed E-state index contributed by atoms with van der Waals surface area (Å²) in [5, 5.41) is 0. The Morgan fingerprint density at radius 3 is 2.18 bits per heavy atom. The van der Waals surface area contributed by atoms with Crippen LogP contribution in [-0.4, -0.2) is 32.1 Å². The van der Waals surface area contributed by atoms with E-state index >= 15 is 0 Å². The molecule has 3 fully saturated rings. The number of unbranched alkanes of at least 4 members (excludes halogenated alkanes) is 14. The average Bonchev–Trinajstić information content (AvgIpc) is 3.88. The summed E-state index contributed by atoms with van der Waals surface area (Å²) in [5.74, 6) is 6.60. The van der Waals surface area contributed by atoms with E-state index in [0.717, 1.165) is 55.3 Å². The van der Waals surface area contributed by atoms with Crippen molar-refractivity contribution in [1.29, 1.82) is 0 Å². The smallest absolute Gasteiger partial charge is 0.0612 e. The number of aliphatic imine (C=N–C) groups is 1. The zero-order valence-corrected chi connectivity index (χ0v) is 40.8. The Morgan fingerprint density at radius 2 is 1.45 bits per heavy atom. The molecule has 344 valence electrons. The van der Waals surface area contributed by atoms with E-state index < -0.39 is 0 Å². The van der Waals surface area contributed by atoms with Gasteiger partial charge < -0.3 is 9.47 Å². The van der Waals surface area contributed by atoms with Gasteiger partial charge in [0.05, 0.1) is 6.10 Å². The van der Waals surface area contributed by atoms with Crippen molar-refractivity contribution in [3.05, 3.63) is 36.1 Å². The molecule has 0 aromatic carbocycles. The molecule has 0 aromatic heterocycles. The van der Waals surface area contributed by atoms with E-state index in [9.17, 15) is 0 Å². The number of fused-ring (bicyclic) bond motifs is 5. The third-order valence-corrected chi connectivity index (χ3v) is 17.3. The van der Waals surface area contributed by atoms with Gasteiger partial charge in [0.2, 0.25) is 0 Å². The van der Waals surface area contributed by atoms with E-state index in [4.69, 9.17) is 9.47 Å². The lowest BCUT2D eigenvalue weighted by Gasteiger charge is -2.58. The van der Waals surface area contributed by atoms with E-state index in [-0.39, 0.29) is 0 Å². The lowest BCUT2D eigenvalue weighted by Crippen LogP contribution is -2.51. The van der Waals surface area contributed by atoms with Gasteiger partial charge in [0.1, 0.15) is 0 Å². The second kappa shape index (κ2) is 27.2. The highest BCUT2D eigenvalue weighted by molar-refractivity contribution is 5.66. The predicted octanol–water partition coefficient (Wildman–Crippen LogP) is 17.2. The van der Waals surface area contributed by atoms with Crippen LogP contribution in [0.5, 0.6) is 0 Å². The molecule has 60 heavy (non-hydrogen) atoms. The number of nitrogens with zero attached hydrogens (tertiary/aromatic N) is 1. The maximum Gasteiger partial charge on any atom is 0.0612 e. The summed E-state index contributed by atoms with van der Waals surface area (Å²) in [6, 6.07) is 0. The van der Waals surface area contributed by atoms with Crippen LogP contribution in [0.1, 0.15) is 234 Å². The second-order valence-electron chi connectivity index (χ2n) is 22.3. The van der Waals surface area contributed by atoms with Crippen LogP contribution in [0.15, 0.2) is 41.1 Å². The molecule has 3 saturated carbocycles. The fraction of sp³-hybridized carbons (Fsp3) is 0.877. The van der Waals surface area contributed by atoms with Gasteiger partial charge in [0.25, 0.3) is 0 Å². The molecule has 1 heterocycles. The SMILES string of the molecule is CCCCCCCC/C=C\CCCCCCCCOCC(CCCCCOC1CCC2(C)C(=CCC3C2CCC2(C)C(C(C)CCCC(C)C)CCC32)C1)CC1C=CN=C1. The molecule has 10 unspecified atom stereocenters. The summed E-state index contributed by atoms with van der Waals surface area (Å²) >= 11 is 0. The van der Waals surface area contributed by atoms with Crippen LogP contribution in [0.4, 0.5) is 0 Å². The number of hydrogen-bond acceptors (Lipinski definition) is 3. The Morgan fingerprint density at radius 1 is 0.733 bits per heavy atom. The standard InChI is InChI=1S/C57H99NO2/c1-7-8-9-10-11-12-13-14-15-16-17-18-19-20-21-24-40-59-45-49(42-48-36-39-58-44-48)29-23-22-25-41-60-51-34-37-56(5)50(43-51)30-31-52-54-33-32-53(47(4)28-26-27-46(2)3)57(54,6)38-35-55(52)56/h14-15,30,36,39,44,46-49,51-55H,7-13,16-29,31-35,37-38,40-43,45H2,1-6H3/b15-14-. The first-order chi connectivity index (χ1) is 29.2. The number of ether oxygens (including phenoxy) is 2. The predicted molar refractivity (Wildman–Crippen MR) is 261 cm³/mol. The van der Waals surface area contributed by atoms with Gasteiger partial charge in [0, 0.05) is 38.2 Å². The molecule has 4 aliphatic carbocycles. The highest BCUT2D eigenvalue weighted by Gasteiger charge is 2.59. The molecule has 0 spiro atoms. The number of allylic oxidation sites excluding steroid dienone is 4. The van der Waals surface area contributed by atoms with Gasteiger partial charge in [-0.15, -0.1) is 0 Å². The Bertz CT molecular complexity index is 1270. The fourth-order valence-electron chi connectivity index (χ4n) is 13.6. The number of rotatable bonds is 32. The van der Waals surface area contributed by atoms with Crippen molar-refractivity contribution in [3.8, 4) is 0 Å². The zero-order valence-electron chi connectivity index (χ0n) is 40.8. The molecular weight excluding hydrogens is 731 g/mol. The number of hydrogen-bond donors (Lipinski definition) is 0. The molecular formula is C57H99NO2. The molecule has 3 nitrogen and oxygen atoms in total. The summed E-state index contributed by atoms with van der Waals surface area (Å²) in [6.45, 7) is 17.9. The maximum atomic E-state index is 6.67. The van der Waals surface area contributed by atoms with Crippen molar-refractivity contribution < 1.29 is 9.47 Å². The molecule has 5 rings (SSSR count). The van der Waals surface area contributed by atoms with Gasteiger partial charge in [-0.05, 0) is 155 Å². The van der Waals surface area contributed by atoms with Crippen molar-refractivity contribution in [2.24, 2.45) is 63.2 Å². The first-order valence-electron chi connectivity index (χ1n) is 27.0. The topological polar surface area (TPSA) is 30.8 Å². The van der Waals surface area contributed by atoms with Gasteiger partial charge in [-0.25, -0.2) is 0 Å². The van der Waals surface area contributed by atoms with E-state index in [1.807, 2.05) is 6.20 Å². The van der Waals surface area contributed by atoms with Crippen molar-refractivity contribution in [2.75, 3.05) is 19.8 Å². The fourth-order valence-corrected chi connectivity index (χ4v) is 13.6. The Hall–Kier alpha value is -1.19. The minimum Gasteiger partial charge on any atom is -0.381 e.